The second-order valence-corrected chi connectivity index (χ2v) is 8.67. The van der Waals surface area contributed by atoms with Gasteiger partial charge in [0.1, 0.15) is 5.75 Å². The third-order valence-corrected chi connectivity index (χ3v) is 6.01. The van der Waals surface area contributed by atoms with Gasteiger partial charge in [-0.05, 0) is 50.6 Å². The van der Waals surface area contributed by atoms with Crippen molar-refractivity contribution in [2.75, 3.05) is 16.4 Å². The van der Waals surface area contributed by atoms with Gasteiger partial charge in [-0.25, -0.2) is 0 Å². The molecule has 0 saturated carbocycles. The molecule has 3 aromatic rings. The fourth-order valence-corrected chi connectivity index (χ4v) is 4.13. The number of rotatable bonds is 9. The van der Waals surface area contributed by atoms with Crippen LogP contribution in [0, 0.1) is 6.92 Å². The van der Waals surface area contributed by atoms with Crippen LogP contribution in [0.3, 0.4) is 0 Å². The SMILES string of the molecule is CCn1c(SCC(=O)Nc2ccc(C)c(NC(C)=O)c2)nnc1C(C)Oc1ccccc1Cl. The van der Waals surface area contributed by atoms with E-state index in [0.717, 1.165) is 5.56 Å². The van der Waals surface area contributed by atoms with Gasteiger partial charge in [-0.1, -0.05) is 41.6 Å². The van der Waals surface area contributed by atoms with Gasteiger partial charge in [0.15, 0.2) is 17.1 Å². The zero-order valence-electron chi connectivity index (χ0n) is 18.9. The average Bonchev–Trinajstić information content (AvgIpc) is 3.19. The van der Waals surface area contributed by atoms with Crippen molar-refractivity contribution in [1.29, 1.82) is 0 Å². The topological polar surface area (TPSA) is 98.1 Å². The fourth-order valence-electron chi connectivity index (χ4n) is 3.14. The first-order chi connectivity index (χ1) is 15.8. The summed E-state index contributed by atoms with van der Waals surface area (Å²) in [6.07, 6.45) is -0.375. The number of hydrogen-bond acceptors (Lipinski definition) is 6. The van der Waals surface area contributed by atoms with E-state index in [1.807, 2.05) is 43.5 Å². The maximum atomic E-state index is 12.5. The van der Waals surface area contributed by atoms with E-state index in [9.17, 15) is 9.59 Å². The Labute approximate surface area is 202 Å². The van der Waals surface area contributed by atoms with Gasteiger partial charge in [-0.3, -0.25) is 9.59 Å². The fraction of sp³-hybridized carbons (Fsp3) is 0.304. The number of para-hydroxylation sites is 1. The lowest BCUT2D eigenvalue weighted by Crippen LogP contribution is -2.16. The highest BCUT2D eigenvalue weighted by Gasteiger charge is 2.20. The molecule has 0 fully saturated rings. The predicted molar refractivity (Wildman–Crippen MR) is 131 cm³/mol. The van der Waals surface area contributed by atoms with Crippen LogP contribution >= 0.6 is 23.4 Å². The molecule has 1 aromatic heterocycles. The van der Waals surface area contributed by atoms with Crippen LogP contribution in [-0.4, -0.2) is 32.3 Å². The summed E-state index contributed by atoms with van der Waals surface area (Å²) in [5, 5.41) is 15.3. The number of aromatic nitrogens is 3. The van der Waals surface area contributed by atoms with E-state index in [4.69, 9.17) is 16.3 Å². The standard InChI is InChI=1S/C23H26ClN5O3S/c1-5-29-22(15(3)32-20-9-7-6-8-18(20)24)27-28-23(29)33-13-21(31)26-17-11-10-14(2)19(12-17)25-16(4)30/h6-12,15H,5,13H2,1-4H3,(H,25,30)(H,26,31). The predicted octanol–water partition coefficient (Wildman–Crippen LogP) is 5.09. The number of benzene rings is 2. The molecule has 174 valence electrons. The number of thioether (sulfide) groups is 1. The highest BCUT2D eigenvalue weighted by molar-refractivity contribution is 7.99. The summed E-state index contributed by atoms with van der Waals surface area (Å²) in [6.45, 7) is 7.82. The maximum Gasteiger partial charge on any atom is 0.234 e. The van der Waals surface area contributed by atoms with Crippen LogP contribution in [-0.2, 0) is 16.1 Å². The number of ether oxygens (including phenoxy) is 1. The van der Waals surface area contributed by atoms with E-state index in [1.54, 1.807) is 24.3 Å². The molecule has 10 heteroatoms. The van der Waals surface area contributed by atoms with Gasteiger partial charge in [0.2, 0.25) is 11.8 Å². The lowest BCUT2D eigenvalue weighted by atomic mass is 10.2. The van der Waals surface area contributed by atoms with E-state index >= 15 is 0 Å². The van der Waals surface area contributed by atoms with Crippen LogP contribution in [0.2, 0.25) is 5.02 Å². The van der Waals surface area contributed by atoms with Gasteiger partial charge in [-0.15, -0.1) is 10.2 Å². The number of anilines is 2. The Bertz CT molecular complexity index is 1150. The molecule has 8 nitrogen and oxygen atoms in total. The number of nitrogens with zero attached hydrogens (tertiary/aromatic N) is 3. The second kappa shape index (κ2) is 11.2. The lowest BCUT2D eigenvalue weighted by Gasteiger charge is -2.16. The zero-order valence-corrected chi connectivity index (χ0v) is 20.5. The Morgan fingerprint density at radius 3 is 2.64 bits per heavy atom. The van der Waals surface area contributed by atoms with E-state index < -0.39 is 0 Å². The van der Waals surface area contributed by atoms with Gasteiger partial charge in [0.05, 0.1) is 10.8 Å². The molecule has 0 spiro atoms. The molecule has 2 aromatic carbocycles. The van der Waals surface area contributed by atoms with Crippen molar-refractivity contribution >= 4 is 46.6 Å². The first-order valence-electron chi connectivity index (χ1n) is 10.4. The minimum atomic E-state index is -0.375. The molecule has 0 aliphatic heterocycles. The van der Waals surface area contributed by atoms with E-state index in [1.165, 1.54) is 18.7 Å². The molecule has 2 amide bonds. The molecule has 2 N–H and O–H groups in total. The van der Waals surface area contributed by atoms with Gasteiger partial charge in [0, 0.05) is 24.8 Å². The number of aryl methyl sites for hydroxylation is 1. The normalized spacial score (nSPS) is 11.7. The summed E-state index contributed by atoms with van der Waals surface area (Å²) in [5.74, 6) is 1.02. The summed E-state index contributed by atoms with van der Waals surface area (Å²) in [4.78, 5) is 23.9. The summed E-state index contributed by atoms with van der Waals surface area (Å²) >= 11 is 7.48. The van der Waals surface area contributed by atoms with Crippen molar-refractivity contribution < 1.29 is 14.3 Å². The van der Waals surface area contributed by atoms with Crippen molar-refractivity contribution in [3.8, 4) is 5.75 Å². The number of halogens is 1. The molecule has 0 saturated heterocycles. The molecular formula is C23H26ClN5O3S. The summed E-state index contributed by atoms with van der Waals surface area (Å²) in [5.41, 5.74) is 2.18. The Hall–Kier alpha value is -3.04. The quantitative estimate of drug-likeness (QED) is 0.408. The van der Waals surface area contributed by atoms with E-state index in [2.05, 4.69) is 20.8 Å². The highest BCUT2D eigenvalue weighted by atomic mass is 35.5. The van der Waals surface area contributed by atoms with Crippen LogP contribution < -0.4 is 15.4 Å². The summed E-state index contributed by atoms with van der Waals surface area (Å²) in [6, 6.07) is 12.6. The van der Waals surface area contributed by atoms with Crippen molar-refractivity contribution in [2.24, 2.45) is 0 Å². The minimum Gasteiger partial charge on any atom is -0.481 e. The Balaban J connectivity index is 1.63. The monoisotopic (exact) mass is 487 g/mol. The Morgan fingerprint density at radius 1 is 1.18 bits per heavy atom. The molecule has 0 aliphatic carbocycles. The number of nitrogens with one attached hydrogen (secondary N) is 2. The number of carbonyl (C=O) groups is 2. The van der Waals surface area contributed by atoms with Crippen molar-refractivity contribution in [3.05, 3.63) is 58.9 Å². The van der Waals surface area contributed by atoms with Crippen LogP contribution in [0.4, 0.5) is 11.4 Å². The summed E-state index contributed by atoms with van der Waals surface area (Å²) in [7, 11) is 0. The highest BCUT2D eigenvalue weighted by Crippen LogP contribution is 2.29. The second-order valence-electron chi connectivity index (χ2n) is 7.32. The van der Waals surface area contributed by atoms with E-state index in [0.29, 0.717) is 39.7 Å². The first-order valence-corrected chi connectivity index (χ1v) is 11.8. The van der Waals surface area contributed by atoms with Crippen molar-refractivity contribution in [2.45, 2.75) is 45.5 Å². The third kappa shape index (κ3) is 6.49. The molecule has 1 heterocycles. The Morgan fingerprint density at radius 2 is 1.94 bits per heavy atom. The molecule has 0 aliphatic rings. The van der Waals surface area contributed by atoms with Crippen molar-refractivity contribution in [1.82, 2.24) is 14.8 Å². The molecule has 33 heavy (non-hydrogen) atoms. The minimum absolute atomic E-state index is 0.154. The molecule has 0 radical (unpaired) electrons. The van der Waals surface area contributed by atoms with Gasteiger partial charge in [0.25, 0.3) is 0 Å². The average molecular weight is 488 g/mol. The molecule has 1 atom stereocenters. The van der Waals surface area contributed by atoms with Crippen molar-refractivity contribution in [3.63, 3.8) is 0 Å². The maximum absolute atomic E-state index is 12.5. The largest absolute Gasteiger partial charge is 0.481 e. The van der Waals surface area contributed by atoms with Gasteiger partial charge >= 0.3 is 0 Å². The van der Waals surface area contributed by atoms with Gasteiger partial charge < -0.3 is 19.9 Å². The van der Waals surface area contributed by atoms with Crippen LogP contribution in [0.15, 0.2) is 47.6 Å². The summed E-state index contributed by atoms with van der Waals surface area (Å²) < 4.78 is 7.88. The zero-order chi connectivity index (χ0) is 24.0. The first kappa shape index (κ1) is 24.6. The molecule has 1 unspecified atom stereocenters. The van der Waals surface area contributed by atoms with Gasteiger partial charge in [-0.2, -0.15) is 0 Å². The third-order valence-electron chi connectivity index (χ3n) is 4.73. The molecule has 0 bridgehead atoms. The number of hydrogen-bond donors (Lipinski definition) is 2. The van der Waals surface area contributed by atoms with Crippen LogP contribution in [0.1, 0.15) is 38.3 Å². The molecular weight excluding hydrogens is 462 g/mol. The smallest absolute Gasteiger partial charge is 0.234 e. The van der Waals surface area contributed by atoms with Crippen LogP contribution in [0.5, 0.6) is 5.75 Å². The number of carbonyl (C=O) groups excluding carboxylic acids is 2. The number of amides is 2. The van der Waals surface area contributed by atoms with E-state index in [-0.39, 0.29) is 23.7 Å². The van der Waals surface area contributed by atoms with Crippen LogP contribution in [0.25, 0.3) is 0 Å². The molecule has 3 rings (SSSR count). The Kier molecular flexibility index (Phi) is 8.35. The lowest BCUT2D eigenvalue weighted by molar-refractivity contribution is -0.114.